The van der Waals surface area contributed by atoms with Crippen LogP contribution in [0.3, 0.4) is 0 Å². The van der Waals surface area contributed by atoms with Crippen molar-refractivity contribution in [3.63, 3.8) is 0 Å². The van der Waals surface area contributed by atoms with Crippen LogP contribution in [0.2, 0.25) is 0 Å². The number of hydrogen-bond acceptors (Lipinski definition) is 6. The van der Waals surface area contributed by atoms with Gasteiger partial charge in [0.2, 0.25) is 0 Å². The zero-order valence-corrected chi connectivity index (χ0v) is 7.66. The lowest BCUT2D eigenvalue weighted by Gasteiger charge is -2.35. The van der Waals surface area contributed by atoms with Gasteiger partial charge in [-0.15, -0.1) is 0 Å². The van der Waals surface area contributed by atoms with Crippen molar-refractivity contribution >= 4 is 6.29 Å². The van der Waals surface area contributed by atoms with E-state index in [2.05, 4.69) is 0 Å². The Labute approximate surface area is 82.5 Å². The highest BCUT2D eigenvalue weighted by molar-refractivity contribution is 5.56. The molecule has 6 heteroatoms. The molecule has 1 saturated heterocycles. The van der Waals surface area contributed by atoms with Crippen LogP contribution in [-0.2, 0) is 14.3 Å². The molecule has 0 amide bonds. The molecule has 3 N–H and O–H groups in total. The smallest absolute Gasteiger partial charge is 0.155 e. The lowest BCUT2D eigenvalue weighted by Crippen LogP contribution is -2.53. The maximum absolute atomic E-state index is 10.2. The van der Waals surface area contributed by atoms with Gasteiger partial charge < -0.3 is 29.6 Å². The molecule has 0 aromatic heterocycles. The molecule has 82 valence electrons. The molecule has 6 nitrogen and oxygen atoms in total. The van der Waals surface area contributed by atoms with Crippen LogP contribution in [0.5, 0.6) is 0 Å². The maximum Gasteiger partial charge on any atom is 0.155 e. The first-order valence-corrected chi connectivity index (χ1v) is 4.18. The Hall–Kier alpha value is -0.530. The highest BCUT2D eigenvalue weighted by atomic mass is 16.7. The molecule has 1 unspecified atom stereocenters. The van der Waals surface area contributed by atoms with Crippen molar-refractivity contribution < 1.29 is 31.0 Å². The van der Waals surface area contributed by atoms with Gasteiger partial charge in [-0.3, -0.25) is 0 Å². The number of rotatable bonds is 3. The summed E-state index contributed by atoms with van der Waals surface area (Å²) < 4.78 is 17.1. The van der Waals surface area contributed by atoms with Crippen molar-refractivity contribution in [3.05, 3.63) is 0 Å². The predicted octanol–water partition coefficient (Wildman–Crippen LogP) is -1.97. The number of ether oxygens (including phenoxy) is 2. The van der Waals surface area contributed by atoms with Crippen LogP contribution in [0.1, 0.15) is 8.29 Å². The SMILES string of the molecule is [2H]C1(C)OC[C@H](O)[C@@H]([C@@H](O)[C@H](O)C=O)O1. The van der Waals surface area contributed by atoms with Crippen molar-refractivity contribution in [2.75, 3.05) is 6.61 Å². The van der Waals surface area contributed by atoms with Gasteiger partial charge in [0.25, 0.3) is 0 Å². The van der Waals surface area contributed by atoms with Gasteiger partial charge >= 0.3 is 0 Å². The van der Waals surface area contributed by atoms with Gasteiger partial charge in [0, 0.05) is 0 Å². The molecule has 0 bridgehead atoms. The Morgan fingerprint density at radius 1 is 1.64 bits per heavy atom. The van der Waals surface area contributed by atoms with Gasteiger partial charge in [-0.05, 0) is 6.92 Å². The van der Waals surface area contributed by atoms with Crippen LogP contribution in [0, 0.1) is 0 Å². The number of aliphatic hydroxyl groups excluding tert-OH is 3. The van der Waals surface area contributed by atoms with E-state index in [0.717, 1.165) is 0 Å². The minimum Gasteiger partial charge on any atom is -0.388 e. The van der Waals surface area contributed by atoms with Gasteiger partial charge in [-0.1, -0.05) is 0 Å². The van der Waals surface area contributed by atoms with Crippen LogP contribution in [0.4, 0.5) is 0 Å². The fourth-order valence-corrected chi connectivity index (χ4v) is 1.17. The third kappa shape index (κ3) is 2.49. The summed E-state index contributed by atoms with van der Waals surface area (Å²) in [5.41, 5.74) is 0. The summed E-state index contributed by atoms with van der Waals surface area (Å²) in [4.78, 5) is 10.2. The van der Waals surface area contributed by atoms with E-state index >= 15 is 0 Å². The Bertz CT molecular complexity index is 233. The molecule has 5 atom stereocenters. The molecule has 0 aliphatic carbocycles. The van der Waals surface area contributed by atoms with E-state index in [-0.39, 0.29) is 12.9 Å². The van der Waals surface area contributed by atoms with E-state index in [9.17, 15) is 15.0 Å². The summed E-state index contributed by atoms with van der Waals surface area (Å²) >= 11 is 0. The van der Waals surface area contributed by atoms with Gasteiger partial charge in [0.1, 0.15) is 24.4 Å². The molecular weight excluding hydrogens is 192 g/mol. The molecule has 1 fully saturated rings. The molecule has 1 heterocycles. The maximum atomic E-state index is 10.2. The van der Waals surface area contributed by atoms with Crippen LogP contribution in [-0.4, -0.2) is 58.9 Å². The monoisotopic (exact) mass is 207 g/mol. The van der Waals surface area contributed by atoms with Crippen molar-refractivity contribution in [1.82, 2.24) is 0 Å². The first kappa shape index (κ1) is 10.0. The largest absolute Gasteiger partial charge is 0.388 e. The number of aldehydes is 1. The summed E-state index contributed by atoms with van der Waals surface area (Å²) in [7, 11) is 0. The van der Waals surface area contributed by atoms with Crippen molar-refractivity contribution in [2.45, 2.75) is 37.6 Å². The second-order valence-electron chi connectivity index (χ2n) is 3.07. The fourth-order valence-electron chi connectivity index (χ4n) is 1.17. The van der Waals surface area contributed by atoms with Gasteiger partial charge in [0.15, 0.2) is 12.6 Å². The normalized spacial score (nSPS) is 43.9. The first-order chi connectivity index (χ1) is 6.87. The molecule has 0 aromatic rings. The van der Waals surface area contributed by atoms with Crippen molar-refractivity contribution in [1.29, 1.82) is 0 Å². The van der Waals surface area contributed by atoms with E-state index in [1.807, 2.05) is 0 Å². The minimum absolute atomic E-state index is 0.136. The van der Waals surface area contributed by atoms with Crippen LogP contribution in [0.15, 0.2) is 0 Å². The van der Waals surface area contributed by atoms with Gasteiger partial charge in [-0.25, -0.2) is 0 Å². The predicted molar refractivity (Wildman–Crippen MR) is 44.4 cm³/mol. The van der Waals surface area contributed by atoms with Crippen molar-refractivity contribution in [2.24, 2.45) is 0 Å². The van der Waals surface area contributed by atoms with E-state index in [4.69, 9.17) is 16.0 Å². The molecule has 1 rings (SSSR count). The summed E-state index contributed by atoms with van der Waals surface area (Å²) in [6.07, 6.45) is -7.20. The highest BCUT2D eigenvalue weighted by Gasteiger charge is 2.37. The zero-order valence-electron chi connectivity index (χ0n) is 8.66. The van der Waals surface area contributed by atoms with E-state index in [0.29, 0.717) is 0 Å². The molecular formula is C8H14O6. The second-order valence-corrected chi connectivity index (χ2v) is 3.07. The molecule has 0 spiro atoms. The number of hydrogen-bond donors (Lipinski definition) is 3. The van der Waals surface area contributed by atoms with Gasteiger partial charge in [-0.2, -0.15) is 0 Å². The lowest BCUT2D eigenvalue weighted by molar-refractivity contribution is -0.270. The number of carbonyl (C=O) groups is 1. The molecule has 0 aromatic carbocycles. The Morgan fingerprint density at radius 3 is 2.86 bits per heavy atom. The van der Waals surface area contributed by atoms with E-state index < -0.39 is 30.7 Å². The quantitative estimate of drug-likeness (QED) is 0.464. The fraction of sp³-hybridized carbons (Fsp3) is 0.875. The topological polar surface area (TPSA) is 96.2 Å². The standard InChI is InChI=1S/C8H14O6/c1-4-13-3-6(11)8(14-4)7(12)5(10)2-9/h2,4-8,10-12H,3H2,1H3/t4?,5-,6+,7+,8+/m1/s1/i4D. The Morgan fingerprint density at radius 2 is 2.29 bits per heavy atom. The molecule has 14 heavy (non-hydrogen) atoms. The molecule has 0 radical (unpaired) electrons. The van der Waals surface area contributed by atoms with Gasteiger partial charge in [0.05, 0.1) is 7.98 Å². The molecule has 1 aliphatic heterocycles. The van der Waals surface area contributed by atoms with Crippen LogP contribution >= 0.6 is 0 Å². The third-order valence-electron chi connectivity index (χ3n) is 1.96. The second kappa shape index (κ2) is 4.81. The van der Waals surface area contributed by atoms with Crippen molar-refractivity contribution in [3.8, 4) is 0 Å². The van der Waals surface area contributed by atoms with Crippen LogP contribution < -0.4 is 0 Å². The number of carbonyl (C=O) groups excluding carboxylic acids is 1. The summed E-state index contributed by atoms with van der Waals surface area (Å²) in [6.45, 7) is 1.08. The summed E-state index contributed by atoms with van der Waals surface area (Å²) in [5, 5.41) is 27.9. The average Bonchev–Trinajstić information content (AvgIpc) is 2.19. The molecule has 1 aliphatic rings. The Balaban J connectivity index is 2.69. The molecule has 0 saturated carbocycles. The van der Waals surface area contributed by atoms with E-state index in [1.165, 1.54) is 6.92 Å². The summed E-state index contributed by atoms with van der Waals surface area (Å²) in [5.74, 6) is 0. The third-order valence-corrected chi connectivity index (χ3v) is 1.96. The van der Waals surface area contributed by atoms with Crippen LogP contribution in [0.25, 0.3) is 0 Å². The lowest BCUT2D eigenvalue weighted by atomic mass is 10.0. The zero-order chi connectivity index (χ0) is 11.6. The highest BCUT2D eigenvalue weighted by Crippen LogP contribution is 2.17. The minimum atomic E-state index is -1.70. The first-order valence-electron chi connectivity index (χ1n) is 4.68. The number of aliphatic hydroxyl groups is 3. The average molecular weight is 207 g/mol. The summed E-state index contributed by atoms with van der Waals surface area (Å²) in [6, 6.07) is 0. The van der Waals surface area contributed by atoms with E-state index in [1.54, 1.807) is 0 Å². The Kier molecular flexibility index (Phi) is 3.44.